The number of carbonyl (C=O) groups excluding carboxylic acids is 1. The largest absolute Gasteiger partial charge is 0.369 e. The third-order valence-corrected chi connectivity index (χ3v) is 3.42. The van der Waals surface area contributed by atoms with Crippen LogP contribution in [0.25, 0.3) is 0 Å². The number of aliphatic imine (C=N–C) groups is 1. The first-order chi connectivity index (χ1) is 7.29. The van der Waals surface area contributed by atoms with E-state index in [0.717, 1.165) is 11.3 Å². The summed E-state index contributed by atoms with van der Waals surface area (Å²) in [4.78, 5) is 15.7. The van der Waals surface area contributed by atoms with Gasteiger partial charge < -0.3 is 5.73 Å². The molecule has 0 saturated carbocycles. The average molecular weight is 220 g/mol. The van der Waals surface area contributed by atoms with E-state index >= 15 is 0 Å². The molecule has 0 bridgehead atoms. The molecule has 0 spiro atoms. The molecule has 0 aliphatic carbocycles. The lowest BCUT2D eigenvalue weighted by molar-refractivity contribution is -0.119. The second-order valence-corrected chi connectivity index (χ2v) is 4.50. The smallest absolute Gasteiger partial charge is 0.228 e. The highest BCUT2D eigenvalue weighted by Gasteiger charge is 2.29. The molecule has 3 nitrogen and oxygen atoms in total. The van der Waals surface area contributed by atoms with Gasteiger partial charge in [0.2, 0.25) is 5.91 Å². The monoisotopic (exact) mass is 220 g/mol. The van der Waals surface area contributed by atoms with Crippen LogP contribution >= 0.6 is 11.8 Å². The molecular weight excluding hydrogens is 208 g/mol. The summed E-state index contributed by atoms with van der Waals surface area (Å²) >= 11 is 1.65. The first-order valence-corrected chi connectivity index (χ1v) is 5.81. The van der Waals surface area contributed by atoms with Crippen molar-refractivity contribution in [2.45, 2.75) is 11.3 Å². The van der Waals surface area contributed by atoms with Crippen molar-refractivity contribution >= 4 is 23.9 Å². The quantitative estimate of drug-likeness (QED) is 0.837. The molecule has 2 N–H and O–H groups in total. The number of hydrogen-bond donors (Lipinski definition) is 1. The Balaban J connectivity index is 2.27. The first-order valence-electron chi connectivity index (χ1n) is 4.76. The van der Waals surface area contributed by atoms with Crippen molar-refractivity contribution in [2.75, 3.05) is 5.75 Å². The van der Waals surface area contributed by atoms with Gasteiger partial charge in [0.25, 0.3) is 0 Å². The van der Waals surface area contributed by atoms with Crippen LogP contribution in [0.3, 0.4) is 0 Å². The molecule has 2 rings (SSSR count). The van der Waals surface area contributed by atoms with Crippen LogP contribution in [-0.4, -0.2) is 23.2 Å². The second-order valence-electron chi connectivity index (χ2n) is 3.35. The van der Waals surface area contributed by atoms with Gasteiger partial charge >= 0.3 is 0 Å². The van der Waals surface area contributed by atoms with Crippen LogP contribution in [0.5, 0.6) is 0 Å². The number of rotatable bonds is 3. The number of thioether (sulfide) groups is 1. The maximum atomic E-state index is 11.4. The van der Waals surface area contributed by atoms with E-state index in [2.05, 4.69) is 4.99 Å². The predicted molar refractivity (Wildman–Crippen MR) is 63.1 cm³/mol. The Morgan fingerprint density at radius 3 is 2.73 bits per heavy atom. The maximum absolute atomic E-state index is 11.4. The SMILES string of the molecule is NC(=O)[C@@H](c1ccccc1)[C@H]1N=CCS1. The van der Waals surface area contributed by atoms with E-state index in [1.165, 1.54) is 0 Å². The predicted octanol–water partition coefficient (Wildman–Crippen LogP) is 1.40. The summed E-state index contributed by atoms with van der Waals surface area (Å²) in [7, 11) is 0. The molecule has 1 aliphatic rings. The summed E-state index contributed by atoms with van der Waals surface area (Å²) in [6.45, 7) is 0. The third-order valence-electron chi connectivity index (χ3n) is 2.34. The van der Waals surface area contributed by atoms with Gasteiger partial charge in [-0.05, 0) is 5.56 Å². The Labute approximate surface area is 92.8 Å². The van der Waals surface area contributed by atoms with Gasteiger partial charge in [-0.3, -0.25) is 9.79 Å². The van der Waals surface area contributed by atoms with E-state index in [1.54, 1.807) is 11.8 Å². The summed E-state index contributed by atoms with van der Waals surface area (Å²) in [6, 6.07) is 9.59. The summed E-state index contributed by atoms with van der Waals surface area (Å²) < 4.78 is 0. The van der Waals surface area contributed by atoms with Gasteiger partial charge in [0, 0.05) is 12.0 Å². The topological polar surface area (TPSA) is 55.5 Å². The summed E-state index contributed by atoms with van der Waals surface area (Å²) in [6.07, 6.45) is 1.84. The lowest BCUT2D eigenvalue weighted by Gasteiger charge is -2.17. The normalized spacial score (nSPS) is 21.5. The van der Waals surface area contributed by atoms with Crippen LogP contribution in [0.4, 0.5) is 0 Å². The fraction of sp³-hybridized carbons (Fsp3) is 0.273. The molecule has 1 heterocycles. The minimum absolute atomic E-state index is 0.0510. The molecule has 0 aromatic heterocycles. The zero-order chi connectivity index (χ0) is 10.7. The minimum atomic E-state index is -0.310. The van der Waals surface area contributed by atoms with E-state index in [1.807, 2.05) is 36.5 Å². The number of nitrogens with two attached hydrogens (primary N) is 1. The number of carbonyl (C=O) groups is 1. The minimum Gasteiger partial charge on any atom is -0.369 e. The molecule has 1 aliphatic heterocycles. The molecule has 78 valence electrons. The molecule has 1 aromatic carbocycles. The van der Waals surface area contributed by atoms with Gasteiger partial charge in [-0.25, -0.2) is 0 Å². The van der Waals surface area contributed by atoms with Gasteiger partial charge in [0.15, 0.2) is 0 Å². The highest BCUT2D eigenvalue weighted by Crippen LogP contribution is 2.31. The highest BCUT2D eigenvalue weighted by molar-refractivity contribution is 8.00. The molecule has 0 fully saturated rings. The van der Waals surface area contributed by atoms with Crippen LogP contribution < -0.4 is 5.73 Å². The van der Waals surface area contributed by atoms with Gasteiger partial charge in [-0.1, -0.05) is 30.3 Å². The molecule has 15 heavy (non-hydrogen) atoms. The standard InChI is InChI=1S/C11H12N2OS/c12-10(14)9(11-13-6-7-15-11)8-4-2-1-3-5-8/h1-6,9,11H,7H2,(H2,12,14)/t9-,11+/m1/s1. The first kappa shape index (κ1) is 10.2. The maximum Gasteiger partial charge on any atom is 0.228 e. The van der Waals surface area contributed by atoms with E-state index in [-0.39, 0.29) is 17.2 Å². The third kappa shape index (κ3) is 2.21. The fourth-order valence-corrected chi connectivity index (χ4v) is 2.67. The summed E-state index contributed by atoms with van der Waals surface area (Å²) in [5, 5.41) is -0.0510. The van der Waals surface area contributed by atoms with Gasteiger partial charge in [-0.15, -0.1) is 11.8 Å². The van der Waals surface area contributed by atoms with E-state index in [0.29, 0.717) is 0 Å². The van der Waals surface area contributed by atoms with Crippen molar-refractivity contribution in [3.63, 3.8) is 0 Å². The highest BCUT2D eigenvalue weighted by atomic mass is 32.2. The Kier molecular flexibility index (Phi) is 3.06. The van der Waals surface area contributed by atoms with E-state index in [4.69, 9.17) is 5.73 Å². The second kappa shape index (κ2) is 4.49. The van der Waals surface area contributed by atoms with Gasteiger partial charge in [0.05, 0.1) is 5.92 Å². The zero-order valence-electron chi connectivity index (χ0n) is 8.17. The number of primary amides is 1. The van der Waals surface area contributed by atoms with Crippen molar-refractivity contribution in [3.8, 4) is 0 Å². The summed E-state index contributed by atoms with van der Waals surface area (Å²) in [5.74, 6) is 0.245. The van der Waals surface area contributed by atoms with Crippen LogP contribution in [0.15, 0.2) is 35.3 Å². The van der Waals surface area contributed by atoms with Crippen molar-refractivity contribution in [1.82, 2.24) is 0 Å². The van der Waals surface area contributed by atoms with Crippen LogP contribution in [-0.2, 0) is 4.79 Å². The van der Waals surface area contributed by atoms with Crippen LogP contribution in [0.2, 0.25) is 0 Å². The molecule has 1 aromatic rings. The Morgan fingerprint density at radius 2 is 2.20 bits per heavy atom. The van der Waals surface area contributed by atoms with Crippen molar-refractivity contribution in [2.24, 2.45) is 10.7 Å². The lowest BCUT2D eigenvalue weighted by Crippen LogP contribution is -2.28. The van der Waals surface area contributed by atoms with Gasteiger partial charge in [0.1, 0.15) is 5.37 Å². The lowest BCUT2D eigenvalue weighted by atomic mass is 9.98. The number of benzene rings is 1. The molecule has 0 radical (unpaired) electrons. The molecule has 4 heteroatoms. The molecule has 0 unspecified atom stereocenters. The number of amides is 1. The Morgan fingerprint density at radius 1 is 1.47 bits per heavy atom. The molecule has 2 atom stereocenters. The average Bonchev–Trinajstić information content (AvgIpc) is 2.72. The number of nitrogens with zero attached hydrogens (tertiary/aromatic N) is 1. The van der Waals surface area contributed by atoms with Crippen LogP contribution in [0, 0.1) is 0 Å². The molecule has 0 saturated heterocycles. The van der Waals surface area contributed by atoms with Crippen LogP contribution in [0.1, 0.15) is 11.5 Å². The zero-order valence-corrected chi connectivity index (χ0v) is 8.98. The Hall–Kier alpha value is -1.29. The van der Waals surface area contributed by atoms with E-state index < -0.39 is 0 Å². The molecule has 1 amide bonds. The fourth-order valence-electron chi connectivity index (χ4n) is 1.64. The van der Waals surface area contributed by atoms with Crippen molar-refractivity contribution < 1.29 is 4.79 Å². The van der Waals surface area contributed by atoms with Gasteiger partial charge in [-0.2, -0.15) is 0 Å². The van der Waals surface area contributed by atoms with Crippen molar-refractivity contribution in [3.05, 3.63) is 35.9 Å². The summed E-state index contributed by atoms with van der Waals surface area (Å²) in [5.41, 5.74) is 6.37. The number of hydrogen-bond acceptors (Lipinski definition) is 3. The Bertz CT molecular complexity index is 377. The molecular formula is C11H12N2OS. The van der Waals surface area contributed by atoms with Crippen molar-refractivity contribution in [1.29, 1.82) is 0 Å². The van der Waals surface area contributed by atoms with E-state index in [9.17, 15) is 4.79 Å².